The van der Waals surface area contributed by atoms with E-state index < -0.39 is 217 Å². The summed E-state index contributed by atoms with van der Waals surface area (Å²) in [6, 6.07) is -20.7. The molecule has 0 saturated heterocycles. The standard InChI is InChI=1S/C41H28/c1-27-13-14-28-15-16-34(25-37(28)21-27)33-20-19-31-22-30(17-18-32(31)23-33)29-8-6-9-35(24-29)41-26-36-7-2-3-10-38(36)39-11-4-5-12-40(39)41/h2-26H,1H3/i2D,3D,4D,5D,6D,7D,8D,9D,10D,11D,12D,13D,14D,15D,16D,17D,18D,19D,20D,21D,22D,23D,24D,25D,26D. The van der Waals surface area contributed by atoms with Crippen LogP contribution in [0, 0.1) is 6.92 Å². The van der Waals surface area contributed by atoms with Gasteiger partial charge in [-0.25, -0.2) is 0 Å². The maximum Gasteiger partial charge on any atom is 0.0636 e. The average Bonchev–Trinajstić information content (AvgIpc) is 3.27. The molecule has 0 fully saturated rings. The minimum atomic E-state index is -1.01. The van der Waals surface area contributed by atoms with Gasteiger partial charge in [-0.05, 0) is 114 Å². The van der Waals surface area contributed by atoms with Crippen LogP contribution in [-0.4, -0.2) is 0 Å². The molecule has 0 heteroatoms. The predicted octanol–water partition coefficient (Wildman–Crippen LogP) is 11.6. The zero-order valence-electron chi connectivity index (χ0n) is 46.0. The smallest absolute Gasteiger partial charge is 0.0616 e. The van der Waals surface area contributed by atoms with Crippen LogP contribution < -0.4 is 0 Å². The molecule has 8 aromatic rings. The molecule has 0 bridgehead atoms. The Labute approximate surface area is 275 Å². The van der Waals surface area contributed by atoms with Crippen molar-refractivity contribution in [2.24, 2.45) is 0 Å². The summed E-state index contributed by atoms with van der Waals surface area (Å²) in [6.07, 6.45) is 0. The second-order valence-corrected chi connectivity index (χ2v) is 9.00. The predicted molar refractivity (Wildman–Crippen MR) is 178 cm³/mol. The lowest BCUT2D eigenvalue weighted by Gasteiger charge is -2.13. The first kappa shape index (κ1) is 9.43. The fourth-order valence-corrected chi connectivity index (χ4v) is 4.47. The highest BCUT2D eigenvalue weighted by Crippen LogP contribution is 2.37. The van der Waals surface area contributed by atoms with Crippen molar-refractivity contribution >= 4 is 43.1 Å². The lowest BCUT2D eigenvalue weighted by atomic mass is 9.91. The van der Waals surface area contributed by atoms with Crippen molar-refractivity contribution in [3.63, 3.8) is 0 Å². The molecule has 0 amide bonds. The molecule has 0 heterocycles. The molecule has 8 aromatic carbocycles. The summed E-state index contributed by atoms with van der Waals surface area (Å²) in [7, 11) is 0. The van der Waals surface area contributed by atoms with Crippen LogP contribution in [0.25, 0.3) is 76.5 Å². The van der Waals surface area contributed by atoms with Crippen molar-refractivity contribution in [2.45, 2.75) is 6.92 Å². The summed E-state index contributed by atoms with van der Waals surface area (Å²) in [5, 5.41) is -4.24. The SMILES string of the molecule is [2H]c1c([2H])c(-c2c([2H])c([2H])c3c([2H])c(-c4c([2H])c([2H])c5c([2H])c([2H])c(C)c([2H])c5c4[2H])c([2H])c([2H])c3c2[2H])c([2H])c(-c2c([2H])c3c([2H])c([2H])c([2H])c([2H])c3c3c([2H])c([2H])c([2H])c([2H])c23)c1[2H]. The van der Waals surface area contributed by atoms with E-state index in [2.05, 4.69) is 0 Å². The Bertz CT molecular complexity index is 3650. The molecule has 8 rings (SSSR count). The Morgan fingerprint density at radius 2 is 0.902 bits per heavy atom. The molecule has 0 radical (unpaired) electrons. The van der Waals surface area contributed by atoms with Gasteiger partial charge in [0.2, 0.25) is 0 Å². The normalized spacial score (nSPS) is 20.1. The van der Waals surface area contributed by atoms with Crippen molar-refractivity contribution < 1.29 is 34.3 Å². The Kier molecular flexibility index (Phi) is 2.18. The molecule has 0 aliphatic carbocycles. The van der Waals surface area contributed by atoms with Crippen LogP contribution in [0.3, 0.4) is 0 Å². The summed E-state index contributed by atoms with van der Waals surface area (Å²) in [5.41, 5.74) is -4.43. The summed E-state index contributed by atoms with van der Waals surface area (Å²) in [5.74, 6) is 0. The average molecular weight is 546 g/mol. The highest BCUT2D eigenvalue weighted by molar-refractivity contribution is 6.13. The Hall–Kier alpha value is -5.20. The van der Waals surface area contributed by atoms with Crippen molar-refractivity contribution in [1.82, 2.24) is 0 Å². The van der Waals surface area contributed by atoms with Crippen molar-refractivity contribution in [2.75, 3.05) is 0 Å². The van der Waals surface area contributed by atoms with Crippen molar-refractivity contribution in [3.8, 4) is 33.4 Å². The summed E-state index contributed by atoms with van der Waals surface area (Å²) < 4.78 is 222. The molecule has 0 aliphatic rings. The molecule has 0 N–H and O–H groups in total. The molecule has 0 aromatic heterocycles. The van der Waals surface area contributed by atoms with Crippen LogP contribution in [0.1, 0.15) is 39.8 Å². The van der Waals surface area contributed by atoms with E-state index in [1.54, 1.807) is 0 Å². The molecular formula is C41H28. The van der Waals surface area contributed by atoms with Crippen molar-refractivity contribution in [1.29, 1.82) is 0 Å². The fourth-order valence-electron chi connectivity index (χ4n) is 4.47. The molecular weight excluding hydrogens is 492 g/mol. The van der Waals surface area contributed by atoms with E-state index in [1.165, 1.54) is 6.92 Å². The molecule has 0 nitrogen and oxygen atoms in total. The summed E-state index contributed by atoms with van der Waals surface area (Å²) >= 11 is 0. The van der Waals surface area contributed by atoms with E-state index in [-0.39, 0.29) is 16.3 Å². The maximum absolute atomic E-state index is 9.52. The van der Waals surface area contributed by atoms with Crippen LogP contribution in [0.15, 0.2) is 151 Å². The molecule has 0 saturated carbocycles. The quantitative estimate of drug-likeness (QED) is 0.194. The van der Waals surface area contributed by atoms with Crippen LogP contribution >= 0.6 is 0 Å². The van der Waals surface area contributed by atoms with Gasteiger partial charge in [0.1, 0.15) is 0 Å². The third-order valence-electron chi connectivity index (χ3n) is 6.38. The van der Waals surface area contributed by atoms with Crippen LogP contribution in [-0.2, 0) is 0 Å². The van der Waals surface area contributed by atoms with Gasteiger partial charge in [0.05, 0.1) is 34.3 Å². The molecule has 41 heavy (non-hydrogen) atoms. The van der Waals surface area contributed by atoms with E-state index in [4.69, 9.17) is 27.4 Å². The molecule has 0 atom stereocenters. The summed E-state index contributed by atoms with van der Waals surface area (Å²) in [4.78, 5) is 0. The topological polar surface area (TPSA) is 0 Å². The van der Waals surface area contributed by atoms with Crippen LogP contribution in [0.5, 0.6) is 0 Å². The number of hydrogen-bond donors (Lipinski definition) is 0. The molecule has 0 spiro atoms. The fraction of sp³-hybridized carbons (Fsp3) is 0.0244. The number of benzene rings is 8. The maximum atomic E-state index is 9.52. The van der Waals surface area contributed by atoms with Gasteiger partial charge in [0.15, 0.2) is 0 Å². The second kappa shape index (κ2) is 9.47. The van der Waals surface area contributed by atoms with Crippen LogP contribution in [0.4, 0.5) is 0 Å². The first-order valence-corrected chi connectivity index (χ1v) is 12.2. The number of rotatable bonds is 3. The third-order valence-corrected chi connectivity index (χ3v) is 6.38. The van der Waals surface area contributed by atoms with Crippen molar-refractivity contribution in [3.05, 3.63) is 157 Å². The van der Waals surface area contributed by atoms with Gasteiger partial charge in [-0.1, -0.05) is 126 Å². The second-order valence-electron chi connectivity index (χ2n) is 9.00. The first-order chi connectivity index (χ1) is 30.7. The van der Waals surface area contributed by atoms with Gasteiger partial charge in [-0.2, -0.15) is 0 Å². The van der Waals surface area contributed by atoms with Gasteiger partial charge in [0, 0.05) is 0 Å². The Balaban J connectivity index is 1.53. The zero-order chi connectivity index (χ0) is 49.1. The number of hydrogen-bond acceptors (Lipinski definition) is 0. The van der Waals surface area contributed by atoms with Gasteiger partial charge in [0.25, 0.3) is 0 Å². The minimum absolute atomic E-state index is 0.0374. The Morgan fingerprint density at radius 3 is 1.66 bits per heavy atom. The minimum Gasteiger partial charge on any atom is -0.0616 e. The third kappa shape index (κ3) is 4.17. The van der Waals surface area contributed by atoms with Gasteiger partial charge >= 0.3 is 0 Å². The van der Waals surface area contributed by atoms with Gasteiger partial charge in [-0.3, -0.25) is 0 Å². The lowest BCUT2D eigenvalue weighted by molar-refractivity contribution is 1.50. The van der Waals surface area contributed by atoms with E-state index in [0.717, 1.165) is 0 Å². The Morgan fingerprint density at radius 1 is 0.341 bits per heavy atom. The largest absolute Gasteiger partial charge is 0.0636 e. The number of fused-ring (bicyclic) bond motifs is 5. The first-order valence-electron chi connectivity index (χ1n) is 24.8. The van der Waals surface area contributed by atoms with Gasteiger partial charge in [-0.15, -0.1) is 0 Å². The van der Waals surface area contributed by atoms with Crippen LogP contribution in [0.2, 0.25) is 0 Å². The zero-order valence-corrected chi connectivity index (χ0v) is 21.0. The highest BCUT2D eigenvalue weighted by atomic mass is 14.1. The summed E-state index contributed by atoms with van der Waals surface area (Å²) in [6.45, 7) is 1.34. The molecule has 0 unspecified atom stereocenters. The highest BCUT2D eigenvalue weighted by Gasteiger charge is 2.10. The van der Waals surface area contributed by atoms with E-state index in [9.17, 15) is 6.85 Å². The van der Waals surface area contributed by atoms with E-state index in [1.807, 2.05) is 0 Å². The molecule has 192 valence electrons. The van der Waals surface area contributed by atoms with E-state index >= 15 is 0 Å². The van der Waals surface area contributed by atoms with Gasteiger partial charge < -0.3 is 0 Å². The van der Waals surface area contributed by atoms with E-state index in [0.29, 0.717) is 0 Å². The lowest BCUT2D eigenvalue weighted by Crippen LogP contribution is -1.86. The monoisotopic (exact) mass is 545 g/mol. The molecule has 0 aliphatic heterocycles.